The van der Waals surface area contributed by atoms with E-state index >= 15 is 0 Å². The molecule has 0 unspecified atom stereocenters. The average molecular weight is 449 g/mol. The van der Waals surface area contributed by atoms with Gasteiger partial charge in [0.25, 0.3) is 11.1 Å². The first-order valence-corrected chi connectivity index (χ1v) is 11.2. The summed E-state index contributed by atoms with van der Waals surface area (Å²) in [5, 5.41) is 9.50. The summed E-state index contributed by atoms with van der Waals surface area (Å²) in [6.45, 7) is 0. The zero-order valence-electron chi connectivity index (χ0n) is 17.0. The minimum Gasteiger partial charge on any atom is -0.339 e. The lowest BCUT2D eigenvalue weighted by Crippen LogP contribution is -2.16. The van der Waals surface area contributed by atoms with Crippen molar-refractivity contribution in [2.45, 2.75) is 4.90 Å². The zero-order chi connectivity index (χ0) is 21.8. The maximum atomic E-state index is 13.2. The number of carbonyl (C=O) groups is 2. The second-order valence-electron chi connectivity index (χ2n) is 6.89. The number of para-hydroxylation sites is 1. The van der Waals surface area contributed by atoms with Crippen LogP contribution >= 0.6 is 23.1 Å². The van der Waals surface area contributed by atoms with Gasteiger partial charge in [-0.1, -0.05) is 30.3 Å². The maximum Gasteiger partial charge on any atom is 0.285 e. The van der Waals surface area contributed by atoms with E-state index in [9.17, 15) is 9.59 Å². The SMILES string of the molecule is CN(C)C(=O)Sc1cccc(NC(=O)c2cn(-c3ccccc3)nc2-c2cccs2)c1. The lowest BCUT2D eigenvalue weighted by Gasteiger charge is -2.10. The van der Waals surface area contributed by atoms with Crippen LogP contribution in [0.15, 0.2) is 83.2 Å². The number of amides is 2. The second-order valence-corrected chi connectivity index (χ2v) is 8.87. The number of benzene rings is 2. The minimum absolute atomic E-state index is 0.0763. The van der Waals surface area contributed by atoms with Gasteiger partial charge in [-0.25, -0.2) is 4.68 Å². The van der Waals surface area contributed by atoms with Crippen LogP contribution < -0.4 is 5.32 Å². The number of anilines is 1. The molecule has 156 valence electrons. The van der Waals surface area contributed by atoms with Crippen molar-refractivity contribution in [2.75, 3.05) is 19.4 Å². The van der Waals surface area contributed by atoms with Crippen molar-refractivity contribution < 1.29 is 9.59 Å². The molecule has 0 aliphatic carbocycles. The van der Waals surface area contributed by atoms with Crippen LogP contribution in [0.2, 0.25) is 0 Å². The third kappa shape index (κ3) is 4.87. The molecule has 0 radical (unpaired) electrons. The van der Waals surface area contributed by atoms with Gasteiger partial charge in [0.15, 0.2) is 0 Å². The summed E-state index contributed by atoms with van der Waals surface area (Å²) in [4.78, 5) is 28.3. The Morgan fingerprint density at radius 1 is 1.03 bits per heavy atom. The van der Waals surface area contributed by atoms with Crippen molar-refractivity contribution in [1.82, 2.24) is 14.7 Å². The second kappa shape index (κ2) is 9.20. The van der Waals surface area contributed by atoms with Crippen molar-refractivity contribution in [2.24, 2.45) is 0 Å². The topological polar surface area (TPSA) is 67.2 Å². The van der Waals surface area contributed by atoms with Crippen molar-refractivity contribution in [3.8, 4) is 16.3 Å². The largest absolute Gasteiger partial charge is 0.339 e. The van der Waals surface area contributed by atoms with E-state index in [4.69, 9.17) is 0 Å². The third-order valence-corrected chi connectivity index (χ3v) is 6.30. The standard InChI is InChI=1S/C23H20N4O2S2/c1-26(2)23(29)31-18-11-6-8-16(14-18)24-22(28)19-15-27(17-9-4-3-5-10-17)25-21(19)20-12-7-13-30-20/h3-15H,1-2H3,(H,24,28). The number of hydrogen-bond acceptors (Lipinski definition) is 5. The number of hydrogen-bond donors (Lipinski definition) is 1. The minimum atomic E-state index is -0.258. The molecule has 2 aromatic carbocycles. The van der Waals surface area contributed by atoms with Gasteiger partial charge in [-0.05, 0) is 53.5 Å². The molecule has 0 saturated carbocycles. The molecule has 2 heterocycles. The number of nitrogens with zero attached hydrogens (tertiary/aromatic N) is 3. The van der Waals surface area contributed by atoms with Crippen LogP contribution in [0.5, 0.6) is 0 Å². The first-order valence-electron chi connectivity index (χ1n) is 9.51. The van der Waals surface area contributed by atoms with Crippen LogP contribution in [0.25, 0.3) is 16.3 Å². The van der Waals surface area contributed by atoms with Crippen molar-refractivity contribution in [3.63, 3.8) is 0 Å². The van der Waals surface area contributed by atoms with Crippen LogP contribution in [0, 0.1) is 0 Å². The molecule has 2 amide bonds. The number of aromatic nitrogens is 2. The van der Waals surface area contributed by atoms with E-state index in [1.54, 1.807) is 37.1 Å². The van der Waals surface area contributed by atoms with E-state index in [1.807, 2.05) is 60.0 Å². The molecule has 0 aliphatic heterocycles. The van der Waals surface area contributed by atoms with E-state index in [0.717, 1.165) is 27.2 Å². The number of rotatable bonds is 5. The van der Waals surface area contributed by atoms with E-state index in [0.29, 0.717) is 16.9 Å². The number of nitrogens with one attached hydrogen (secondary N) is 1. The van der Waals surface area contributed by atoms with Gasteiger partial charge in [0.2, 0.25) is 0 Å². The number of carbonyl (C=O) groups excluding carboxylic acids is 2. The monoisotopic (exact) mass is 448 g/mol. The predicted molar refractivity (Wildman–Crippen MR) is 126 cm³/mol. The van der Waals surface area contributed by atoms with E-state index in [1.165, 1.54) is 16.2 Å². The quantitative estimate of drug-likeness (QED) is 0.402. The molecule has 31 heavy (non-hydrogen) atoms. The smallest absolute Gasteiger partial charge is 0.285 e. The molecule has 4 rings (SSSR count). The van der Waals surface area contributed by atoms with Crippen LogP contribution in [0.4, 0.5) is 10.5 Å². The molecule has 1 N–H and O–H groups in total. The molecule has 0 bridgehead atoms. The maximum absolute atomic E-state index is 13.2. The molecule has 4 aromatic rings. The first-order chi connectivity index (χ1) is 15.0. The van der Waals surface area contributed by atoms with Gasteiger partial charge in [0, 0.05) is 30.9 Å². The van der Waals surface area contributed by atoms with Gasteiger partial charge in [0.05, 0.1) is 16.1 Å². The molecule has 2 aromatic heterocycles. The molecule has 0 spiro atoms. The summed E-state index contributed by atoms with van der Waals surface area (Å²) in [7, 11) is 3.41. The van der Waals surface area contributed by atoms with E-state index in [2.05, 4.69) is 10.4 Å². The molecule has 6 nitrogen and oxygen atoms in total. The summed E-state index contributed by atoms with van der Waals surface area (Å²) < 4.78 is 1.71. The Bertz CT molecular complexity index is 1200. The molecule has 8 heteroatoms. The molecule has 0 saturated heterocycles. The lowest BCUT2D eigenvalue weighted by molar-refractivity contribution is 0.102. The highest BCUT2D eigenvalue weighted by molar-refractivity contribution is 8.13. The molecule has 0 aliphatic rings. The molecular formula is C23H20N4O2S2. The van der Waals surface area contributed by atoms with Gasteiger partial charge < -0.3 is 10.2 Å². The fourth-order valence-electron chi connectivity index (χ4n) is 2.88. The first kappa shape index (κ1) is 20.9. The zero-order valence-corrected chi connectivity index (χ0v) is 18.6. The third-order valence-electron chi connectivity index (χ3n) is 4.40. The summed E-state index contributed by atoms with van der Waals surface area (Å²) in [5.74, 6) is -0.258. The van der Waals surface area contributed by atoms with Gasteiger partial charge in [-0.2, -0.15) is 5.10 Å². The van der Waals surface area contributed by atoms with E-state index in [-0.39, 0.29) is 11.1 Å². The van der Waals surface area contributed by atoms with Crippen molar-refractivity contribution >= 4 is 39.9 Å². The Labute approximate surface area is 188 Å². The predicted octanol–water partition coefficient (Wildman–Crippen LogP) is 5.63. The lowest BCUT2D eigenvalue weighted by atomic mass is 10.2. The Hall–Kier alpha value is -3.36. The van der Waals surface area contributed by atoms with Gasteiger partial charge in [0.1, 0.15) is 5.69 Å². The summed E-state index contributed by atoms with van der Waals surface area (Å²) in [6, 6.07) is 20.8. The number of thioether (sulfide) groups is 1. The number of thiophene rings is 1. The van der Waals surface area contributed by atoms with Crippen molar-refractivity contribution in [1.29, 1.82) is 0 Å². The van der Waals surface area contributed by atoms with Crippen LogP contribution in [0.3, 0.4) is 0 Å². The Morgan fingerprint density at radius 2 is 1.84 bits per heavy atom. The molecule has 0 fully saturated rings. The van der Waals surface area contributed by atoms with Gasteiger partial charge >= 0.3 is 0 Å². The van der Waals surface area contributed by atoms with Crippen LogP contribution in [0.1, 0.15) is 10.4 Å². The Morgan fingerprint density at radius 3 is 2.55 bits per heavy atom. The summed E-state index contributed by atoms with van der Waals surface area (Å²) >= 11 is 2.65. The highest BCUT2D eigenvalue weighted by Gasteiger charge is 2.20. The average Bonchev–Trinajstić information content (AvgIpc) is 3.44. The highest BCUT2D eigenvalue weighted by atomic mass is 32.2. The Kier molecular flexibility index (Phi) is 6.20. The molecule has 0 atom stereocenters. The normalized spacial score (nSPS) is 10.6. The summed E-state index contributed by atoms with van der Waals surface area (Å²) in [5.41, 5.74) is 2.60. The van der Waals surface area contributed by atoms with Gasteiger partial charge in [-0.3, -0.25) is 9.59 Å². The Balaban J connectivity index is 1.63. The van der Waals surface area contributed by atoms with Crippen LogP contribution in [-0.2, 0) is 0 Å². The van der Waals surface area contributed by atoms with Gasteiger partial charge in [-0.15, -0.1) is 11.3 Å². The fourth-order valence-corrected chi connectivity index (χ4v) is 4.32. The highest BCUT2D eigenvalue weighted by Crippen LogP contribution is 2.29. The fraction of sp³-hybridized carbons (Fsp3) is 0.0870. The van der Waals surface area contributed by atoms with Crippen molar-refractivity contribution in [3.05, 3.63) is 83.9 Å². The van der Waals surface area contributed by atoms with E-state index < -0.39 is 0 Å². The summed E-state index contributed by atoms with van der Waals surface area (Å²) in [6.07, 6.45) is 1.74. The van der Waals surface area contributed by atoms with Crippen LogP contribution in [-0.4, -0.2) is 39.9 Å². The molecular weight excluding hydrogens is 428 g/mol.